The van der Waals surface area contributed by atoms with E-state index in [1.807, 2.05) is 0 Å². The summed E-state index contributed by atoms with van der Waals surface area (Å²) < 4.78 is 0. The van der Waals surface area contributed by atoms with Crippen LogP contribution in [0.3, 0.4) is 0 Å². The highest BCUT2D eigenvalue weighted by Gasteiger charge is 2.19. The van der Waals surface area contributed by atoms with Crippen LogP contribution in [0.15, 0.2) is 150 Å². The summed E-state index contributed by atoms with van der Waals surface area (Å²) in [7, 11) is 0. The van der Waals surface area contributed by atoms with Crippen LogP contribution in [0.4, 0.5) is 0 Å². The Morgan fingerprint density at radius 2 is 0.773 bits per heavy atom. The Hall–Kier alpha value is -5.11. The molecule has 9 aromatic rings. The summed E-state index contributed by atoms with van der Waals surface area (Å²) in [6, 6.07) is 53.2. The largest absolute Gasteiger partial charge is 0.142 e. The predicted octanol–water partition coefficient (Wildman–Crippen LogP) is 12.5. The number of hydrogen-bond donors (Lipinski definition) is 1. The average Bonchev–Trinajstić information content (AvgIpc) is 3.08. The lowest BCUT2D eigenvalue weighted by atomic mass is 9.84. The van der Waals surface area contributed by atoms with Crippen LogP contribution in [-0.4, -0.2) is 0 Å². The molecule has 0 saturated carbocycles. The Labute approximate surface area is 262 Å². The van der Waals surface area contributed by atoms with Crippen molar-refractivity contribution in [3.05, 3.63) is 151 Å². The van der Waals surface area contributed by atoms with Gasteiger partial charge in [0.25, 0.3) is 0 Å². The Bertz CT molecular complexity index is 2450. The van der Waals surface area contributed by atoms with Crippen molar-refractivity contribution in [2.24, 2.45) is 0 Å². The predicted molar refractivity (Wildman–Crippen MR) is 193 cm³/mol. The van der Waals surface area contributed by atoms with Gasteiger partial charge in [0.05, 0.1) is 0 Å². The van der Waals surface area contributed by atoms with E-state index in [0.29, 0.717) is 0 Å². The summed E-state index contributed by atoms with van der Waals surface area (Å²) in [5, 5.41) is 13.1. The van der Waals surface area contributed by atoms with Crippen molar-refractivity contribution in [2.45, 2.75) is 11.8 Å². The fourth-order valence-electron chi connectivity index (χ4n) is 7.52. The fourth-order valence-corrected chi connectivity index (χ4v) is 7.92. The van der Waals surface area contributed by atoms with Gasteiger partial charge in [0.1, 0.15) is 0 Å². The minimum atomic E-state index is 1.00. The lowest BCUT2D eigenvalue weighted by Crippen LogP contribution is -1.93. The zero-order valence-electron chi connectivity index (χ0n) is 24.3. The molecule has 0 radical (unpaired) electrons. The van der Waals surface area contributed by atoms with Gasteiger partial charge in [-0.3, -0.25) is 0 Å². The van der Waals surface area contributed by atoms with Crippen molar-refractivity contribution in [1.29, 1.82) is 0 Å². The van der Waals surface area contributed by atoms with E-state index in [4.69, 9.17) is 12.6 Å². The Balaban J connectivity index is 1.36. The summed E-state index contributed by atoms with van der Waals surface area (Å²) >= 11 is 5.26. The Kier molecular flexibility index (Phi) is 5.60. The molecule has 0 spiro atoms. The van der Waals surface area contributed by atoms with Gasteiger partial charge in [-0.05, 0) is 112 Å². The molecule has 44 heavy (non-hydrogen) atoms. The number of thiol groups is 1. The first-order chi connectivity index (χ1) is 21.7. The molecule has 0 unspecified atom stereocenters. The topological polar surface area (TPSA) is 0 Å². The highest BCUT2D eigenvalue weighted by Crippen LogP contribution is 2.47. The zero-order valence-corrected chi connectivity index (χ0v) is 25.2. The smallest absolute Gasteiger partial charge is 0.0197 e. The second-order valence-electron chi connectivity index (χ2n) is 11.8. The van der Waals surface area contributed by atoms with Crippen LogP contribution in [0.5, 0.6) is 0 Å². The highest BCUT2D eigenvalue weighted by atomic mass is 32.1. The van der Waals surface area contributed by atoms with Crippen molar-refractivity contribution in [1.82, 2.24) is 0 Å². The van der Waals surface area contributed by atoms with Gasteiger partial charge in [-0.2, -0.15) is 0 Å². The molecule has 0 aliphatic rings. The second kappa shape index (κ2) is 9.71. The average molecular weight is 577 g/mol. The van der Waals surface area contributed by atoms with Gasteiger partial charge in [0, 0.05) is 4.90 Å². The van der Waals surface area contributed by atoms with Gasteiger partial charge in [-0.1, -0.05) is 133 Å². The van der Waals surface area contributed by atoms with E-state index in [1.54, 1.807) is 0 Å². The third-order valence-electron chi connectivity index (χ3n) is 9.52. The van der Waals surface area contributed by atoms with Crippen LogP contribution in [0.1, 0.15) is 5.56 Å². The van der Waals surface area contributed by atoms with Crippen LogP contribution in [-0.2, 0) is 0 Å². The quantitative estimate of drug-likeness (QED) is 0.121. The molecule has 0 heterocycles. The van der Waals surface area contributed by atoms with Gasteiger partial charge in [0.2, 0.25) is 0 Å². The SMILES string of the molecule is Cc1c(-c2ccccc2)cccc1-c1cccc(-c2cc3c4ccccc4c4cccc5c6ccccc6c(c2)c3c45)c1S. The van der Waals surface area contributed by atoms with Gasteiger partial charge in [0.15, 0.2) is 0 Å². The fraction of sp³-hybridized carbons (Fsp3) is 0.0233. The zero-order chi connectivity index (χ0) is 29.4. The molecular weight excluding hydrogens is 549 g/mol. The third kappa shape index (κ3) is 3.60. The molecule has 9 aromatic carbocycles. The molecule has 0 amide bonds. The molecular formula is C43H28S. The molecule has 0 nitrogen and oxygen atoms in total. The van der Waals surface area contributed by atoms with Crippen molar-refractivity contribution < 1.29 is 0 Å². The van der Waals surface area contributed by atoms with E-state index in [2.05, 4.69) is 153 Å². The van der Waals surface area contributed by atoms with Crippen LogP contribution < -0.4 is 0 Å². The third-order valence-corrected chi connectivity index (χ3v) is 10.0. The maximum Gasteiger partial charge on any atom is 0.0197 e. The van der Waals surface area contributed by atoms with Crippen LogP contribution >= 0.6 is 12.6 Å². The monoisotopic (exact) mass is 576 g/mol. The van der Waals surface area contributed by atoms with Crippen LogP contribution in [0.2, 0.25) is 0 Å². The maximum atomic E-state index is 5.26. The molecule has 206 valence electrons. The van der Waals surface area contributed by atoms with Crippen molar-refractivity contribution in [3.63, 3.8) is 0 Å². The lowest BCUT2D eigenvalue weighted by molar-refractivity contribution is 1.39. The molecule has 0 fully saturated rings. The second-order valence-corrected chi connectivity index (χ2v) is 12.3. The summed E-state index contributed by atoms with van der Waals surface area (Å²) in [5.74, 6) is 0. The van der Waals surface area contributed by atoms with E-state index >= 15 is 0 Å². The molecule has 0 saturated heterocycles. The van der Waals surface area contributed by atoms with E-state index in [0.717, 1.165) is 16.0 Å². The van der Waals surface area contributed by atoms with Crippen molar-refractivity contribution in [2.75, 3.05) is 0 Å². The van der Waals surface area contributed by atoms with Crippen LogP contribution in [0, 0.1) is 6.92 Å². The van der Waals surface area contributed by atoms with E-state index in [1.165, 1.54) is 81.7 Å². The first-order valence-corrected chi connectivity index (χ1v) is 15.6. The summed E-state index contributed by atoms with van der Waals surface area (Å²) in [5.41, 5.74) is 8.45. The standard InChI is InChI=1S/C43H28S/c1-26-29(27-12-3-2-4-13-27)18-9-19-30(26)38-23-10-20-31(43(38)44)28-24-39-34-16-7-5-14-32(34)36-21-11-22-37-33-15-6-8-17-35(33)40(25-28)42(39)41(36)37/h2-25,44H,1H3. The van der Waals surface area contributed by atoms with Gasteiger partial charge >= 0.3 is 0 Å². The lowest BCUT2D eigenvalue weighted by Gasteiger charge is -2.20. The minimum absolute atomic E-state index is 1.00. The highest BCUT2D eigenvalue weighted by molar-refractivity contribution is 7.80. The van der Waals surface area contributed by atoms with Gasteiger partial charge < -0.3 is 0 Å². The van der Waals surface area contributed by atoms with Gasteiger partial charge in [-0.25, -0.2) is 0 Å². The molecule has 1 heteroatoms. The molecule has 0 atom stereocenters. The van der Waals surface area contributed by atoms with Crippen LogP contribution in [0.25, 0.3) is 87.2 Å². The molecule has 0 aromatic heterocycles. The summed E-state index contributed by atoms with van der Waals surface area (Å²) in [6.45, 7) is 2.23. The summed E-state index contributed by atoms with van der Waals surface area (Å²) in [6.07, 6.45) is 0. The molecule has 0 aliphatic heterocycles. The van der Waals surface area contributed by atoms with Gasteiger partial charge in [-0.15, -0.1) is 12.6 Å². The Morgan fingerprint density at radius 1 is 0.341 bits per heavy atom. The molecule has 0 N–H and O–H groups in total. The van der Waals surface area contributed by atoms with E-state index < -0.39 is 0 Å². The Morgan fingerprint density at radius 3 is 1.39 bits per heavy atom. The minimum Gasteiger partial charge on any atom is -0.142 e. The van der Waals surface area contributed by atoms with E-state index in [-0.39, 0.29) is 0 Å². The molecule has 0 aliphatic carbocycles. The van der Waals surface area contributed by atoms with Crippen molar-refractivity contribution >= 4 is 66.5 Å². The maximum absolute atomic E-state index is 5.26. The summed E-state index contributed by atoms with van der Waals surface area (Å²) in [4.78, 5) is 1.00. The van der Waals surface area contributed by atoms with Crippen molar-refractivity contribution in [3.8, 4) is 33.4 Å². The molecule has 9 rings (SSSR count). The molecule has 0 bridgehead atoms. The normalized spacial score (nSPS) is 11.9. The first kappa shape index (κ1) is 25.4. The van der Waals surface area contributed by atoms with E-state index in [9.17, 15) is 0 Å². The number of fused-ring (bicyclic) bond motifs is 6. The number of rotatable bonds is 3. The number of hydrogen-bond acceptors (Lipinski definition) is 1. The number of benzene rings is 9. The first-order valence-electron chi connectivity index (χ1n) is 15.2.